The second-order valence-corrected chi connectivity index (χ2v) is 9.21. The van der Waals surface area contributed by atoms with Crippen LogP contribution in [-0.2, 0) is 24.9 Å². The Balaban J connectivity index is 1.97. The topological polar surface area (TPSA) is 85.2 Å². The molecule has 1 unspecified atom stereocenters. The number of hydrogen-bond donors (Lipinski definition) is 1. The van der Waals surface area contributed by atoms with Gasteiger partial charge in [-0.1, -0.05) is 29.4 Å². The van der Waals surface area contributed by atoms with Crippen LogP contribution in [0.2, 0.25) is 0 Å². The van der Waals surface area contributed by atoms with Crippen LogP contribution >= 0.6 is 0 Å². The Morgan fingerprint density at radius 3 is 2.30 bits per heavy atom. The number of nitrogens with zero attached hydrogens (tertiary/aromatic N) is 1. The van der Waals surface area contributed by atoms with Crippen LogP contribution in [0.4, 0.5) is 0 Å². The molecule has 0 amide bonds. The van der Waals surface area contributed by atoms with E-state index >= 15 is 0 Å². The SMILES string of the molecule is CC(=NO)c1ccc(S(=O)(=O)c2cccc(C3(C)COC(C)(C)O3)c2)cc1. The third kappa shape index (κ3) is 3.76. The predicted molar refractivity (Wildman–Crippen MR) is 101 cm³/mol. The molecule has 7 heteroatoms. The molecule has 1 heterocycles. The minimum Gasteiger partial charge on any atom is -0.411 e. The molecule has 3 rings (SSSR count). The van der Waals surface area contributed by atoms with Crippen LogP contribution in [0.1, 0.15) is 38.8 Å². The van der Waals surface area contributed by atoms with Crippen molar-refractivity contribution in [2.75, 3.05) is 6.61 Å². The molecule has 0 aromatic heterocycles. The second-order valence-electron chi connectivity index (χ2n) is 7.26. The zero-order valence-electron chi connectivity index (χ0n) is 15.8. The molecule has 0 saturated carbocycles. The van der Waals surface area contributed by atoms with Crippen LogP contribution in [0.15, 0.2) is 63.5 Å². The Hall–Kier alpha value is -2.22. The fraction of sp³-hybridized carbons (Fsp3) is 0.350. The Morgan fingerprint density at radius 1 is 1.07 bits per heavy atom. The van der Waals surface area contributed by atoms with E-state index in [-0.39, 0.29) is 9.79 Å². The highest BCUT2D eigenvalue weighted by Gasteiger charge is 2.43. The van der Waals surface area contributed by atoms with Crippen LogP contribution in [0.25, 0.3) is 0 Å². The average molecular weight is 389 g/mol. The lowest BCUT2D eigenvalue weighted by Gasteiger charge is -2.26. The van der Waals surface area contributed by atoms with Gasteiger partial charge in [0, 0.05) is 0 Å². The molecule has 0 spiro atoms. The summed E-state index contributed by atoms with van der Waals surface area (Å²) in [5.41, 5.74) is 1.09. The Morgan fingerprint density at radius 2 is 1.74 bits per heavy atom. The maximum Gasteiger partial charge on any atom is 0.206 e. The largest absolute Gasteiger partial charge is 0.411 e. The van der Waals surface area contributed by atoms with E-state index in [2.05, 4.69) is 5.16 Å². The zero-order valence-corrected chi connectivity index (χ0v) is 16.6. The lowest BCUT2D eigenvalue weighted by Crippen LogP contribution is -2.28. The number of sulfone groups is 1. The van der Waals surface area contributed by atoms with E-state index in [9.17, 15) is 8.42 Å². The van der Waals surface area contributed by atoms with Crippen molar-refractivity contribution < 1.29 is 23.1 Å². The Bertz CT molecular complexity index is 980. The van der Waals surface area contributed by atoms with Crippen molar-refractivity contribution in [2.45, 2.75) is 48.9 Å². The van der Waals surface area contributed by atoms with E-state index < -0.39 is 21.2 Å². The summed E-state index contributed by atoms with van der Waals surface area (Å²) in [6.07, 6.45) is 0. The molecule has 0 radical (unpaired) electrons. The molecular formula is C20H23NO5S. The van der Waals surface area contributed by atoms with Gasteiger partial charge in [0.15, 0.2) is 5.79 Å². The van der Waals surface area contributed by atoms with Crippen molar-refractivity contribution in [1.82, 2.24) is 0 Å². The maximum atomic E-state index is 13.0. The quantitative estimate of drug-likeness (QED) is 0.489. The minimum atomic E-state index is -3.69. The van der Waals surface area contributed by atoms with Crippen LogP contribution in [0.5, 0.6) is 0 Å². The summed E-state index contributed by atoms with van der Waals surface area (Å²) in [5, 5.41) is 12.0. The third-order valence-corrected chi connectivity index (χ3v) is 6.42. The highest BCUT2D eigenvalue weighted by atomic mass is 32.2. The smallest absolute Gasteiger partial charge is 0.206 e. The minimum absolute atomic E-state index is 0.170. The van der Waals surface area contributed by atoms with Crippen LogP contribution in [0, 0.1) is 0 Å². The van der Waals surface area contributed by atoms with Gasteiger partial charge in [0.2, 0.25) is 9.84 Å². The van der Waals surface area contributed by atoms with E-state index in [1.54, 1.807) is 37.3 Å². The summed E-state index contributed by atoms with van der Waals surface area (Å²) in [4.78, 5) is 0.359. The summed E-state index contributed by atoms with van der Waals surface area (Å²) in [5.74, 6) is -0.717. The molecule has 1 aliphatic heterocycles. The molecule has 0 bridgehead atoms. The van der Waals surface area contributed by atoms with Gasteiger partial charge in [-0.25, -0.2) is 8.42 Å². The molecular weight excluding hydrogens is 366 g/mol. The molecule has 1 atom stereocenters. The van der Waals surface area contributed by atoms with Gasteiger partial charge in [0.1, 0.15) is 5.60 Å². The molecule has 2 aromatic rings. The molecule has 2 aromatic carbocycles. The van der Waals surface area contributed by atoms with Gasteiger partial charge in [-0.05, 0) is 63.1 Å². The van der Waals surface area contributed by atoms with Crippen molar-refractivity contribution >= 4 is 15.5 Å². The monoisotopic (exact) mass is 389 g/mol. The molecule has 1 N–H and O–H groups in total. The molecule has 0 aliphatic carbocycles. The van der Waals surface area contributed by atoms with E-state index in [0.717, 1.165) is 5.56 Å². The Kier molecular flexibility index (Phi) is 4.88. The first kappa shape index (κ1) is 19.5. The van der Waals surface area contributed by atoms with E-state index in [0.29, 0.717) is 17.9 Å². The molecule has 1 saturated heterocycles. The van der Waals surface area contributed by atoms with Crippen molar-refractivity contribution in [3.63, 3.8) is 0 Å². The number of hydrogen-bond acceptors (Lipinski definition) is 6. The lowest BCUT2D eigenvalue weighted by atomic mass is 9.97. The summed E-state index contributed by atoms with van der Waals surface area (Å²) in [7, 11) is -3.69. The van der Waals surface area contributed by atoms with Gasteiger partial charge >= 0.3 is 0 Å². The van der Waals surface area contributed by atoms with Crippen LogP contribution in [-0.4, -0.2) is 31.7 Å². The summed E-state index contributed by atoms with van der Waals surface area (Å²) in [6, 6.07) is 13.0. The molecule has 144 valence electrons. The lowest BCUT2D eigenvalue weighted by molar-refractivity contribution is -0.159. The van der Waals surface area contributed by atoms with Gasteiger partial charge in [-0.2, -0.15) is 0 Å². The zero-order chi connectivity index (χ0) is 19.9. The van der Waals surface area contributed by atoms with E-state index in [1.807, 2.05) is 26.8 Å². The summed E-state index contributed by atoms with van der Waals surface area (Å²) >= 11 is 0. The molecule has 1 fully saturated rings. The van der Waals surface area contributed by atoms with Crippen molar-refractivity contribution in [1.29, 1.82) is 0 Å². The third-order valence-electron chi connectivity index (χ3n) is 4.65. The molecule has 1 aliphatic rings. The summed E-state index contributed by atoms with van der Waals surface area (Å²) in [6.45, 7) is 7.53. The predicted octanol–water partition coefficient (Wildman–Crippen LogP) is 3.72. The summed E-state index contributed by atoms with van der Waals surface area (Å²) < 4.78 is 37.7. The fourth-order valence-corrected chi connectivity index (χ4v) is 4.42. The first-order valence-electron chi connectivity index (χ1n) is 8.56. The second kappa shape index (κ2) is 6.74. The van der Waals surface area contributed by atoms with Gasteiger partial charge < -0.3 is 14.7 Å². The Labute approximate surface area is 159 Å². The van der Waals surface area contributed by atoms with Gasteiger partial charge in [-0.3, -0.25) is 0 Å². The molecule has 6 nitrogen and oxygen atoms in total. The van der Waals surface area contributed by atoms with E-state index in [4.69, 9.17) is 14.7 Å². The van der Waals surface area contributed by atoms with Crippen molar-refractivity contribution in [3.8, 4) is 0 Å². The highest BCUT2D eigenvalue weighted by Crippen LogP contribution is 2.39. The van der Waals surface area contributed by atoms with Crippen molar-refractivity contribution in [3.05, 3.63) is 59.7 Å². The van der Waals surface area contributed by atoms with Crippen LogP contribution in [0.3, 0.4) is 0 Å². The maximum absolute atomic E-state index is 13.0. The van der Waals surface area contributed by atoms with Gasteiger partial charge in [0.05, 0.1) is 22.1 Å². The number of oxime groups is 1. The number of ether oxygens (including phenoxy) is 2. The highest BCUT2D eigenvalue weighted by molar-refractivity contribution is 7.91. The normalized spacial score (nSPS) is 22.7. The first-order chi connectivity index (χ1) is 12.6. The van der Waals surface area contributed by atoms with Gasteiger partial charge in [-0.15, -0.1) is 0 Å². The van der Waals surface area contributed by atoms with Gasteiger partial charge in [0.25, 0.3) is 0 Å². The standard InChI is InChI=1S/C20H23NO5S/c1-14(21-22)15-8-10-17(11-9-15)27(23,24)18-7-5-6-16(12-18)20(4)13-25-19(2,3)26-20/h5-12,22H,13H2,1-4H3. The van der Waals surface area contributed by atoms with E-state index in [1.165, 1.54) is 12.1 Å². The average Bonchev–Trinajstić information content (AvgIpc) is 2.95. The fourth-order valence-electron chi connectivity index (χ4n) is 3.12. The molecule has 27 heavy (non-hydrogen) atoms. The number of rotatable bonds is 4. The number of benzene rings is 2. The first-order valence-corrected chi connectivity index (χ1v) is 10.0. The van der Waals surface area contributed by atoms with Crippen molar-refractivity contribution in [2.24, 2.45) is 5.16 Å². The van der Waals surface area contributed by atoms with Crippen LogP contribution < -0.4 is 0 Å².